The summed E-state index contributed by atoms with van der Waals surface area (Å²) in [5, 5.41) is 2.90. The van der Waals surface area contributed by atoms with E-state index in [9.17, 15) is 9.59 Å². The zero-order chi connectivity index (χ0) is 14.8. The molecule has 0 fully saturated rings. The number of amides is 2. The number of benzene rings is 1. The van der Waals surface area contributed by atoms with Gasteiger partial charge in [-0.3, -0.25) is 9.59 Å². The van der Waals surface area contributed by atoms with Crippen LogP contribution in [0, 0.1) is 0 Å². The number of rotatable bonds is 3. The third-order valence-electron chi connectivity index (χ3n) is 3.82. The number of fused-ring (bicyclic) bond motifs is 1. The highest BCUT2D eigenvalue weighted by molar-refractivity contribution is 5.97. The average molecular weight is 283 g/mol. The van der Waals surface area contributed by atoms with Gasteiger partial charge in [0.05, 0.1) is 6.54 Å². The lowest BCUT2D eigenvalue weighted by Gasteiger charge is -2.32. The van der Waals surface area contributed by atoms with E-state index in [1.807, 2.05) is 47.2 Å². The summed E-state index contributed by atoms with van der Waals surface area (Å²) in [6, 6.07) is 12.9. The minimum Gasteiger partial charge on any atom is -0.350 e. The molecule has 1 aliphatic heterocycles. The average Bonchev–Trinajstić information content (AvgIpc) is 2.98. The van der Waals surface area contributed by atoms with Gasteiger partial charge in [0.25, 0.3) is 5.91 Å². The number of hydrogen-bond acceptors (Lipinski definition) is 2. The number of carbonyl (C=O) groups is 2. The zero-order valence-electron chi connectivity index (χ0n) is 11.8. The molecular formula is C16H17N3O2. The minimum atomic E-state index is -0.471. The maximum absolute atomic E-state index is 12.3. The van der Waals surface area contributed by atoms with Crippen LogP contribution in [-0.2, 0) is 17.9 Å². The van der Waals surface area contributed by atoms with Crippen molar-refractivity contribution in [2.75, 3.05) is 7.05 Å². The van der Waals surface area contributed by atoms with Crippen molar-refractivity contribution in [3.8, 4) is 0 Å². The second-order valence-electron chi connectivity index (χ2n) is 5.18. The molecule has 1 atom stereocenters. The summed E-state index contributed by atoms with van der Waals surface area (Å²) in [4.78, 5) is 26.0. The van der Waals surface area contributed by atoms with Gasteiger partial charge in [0.2, 0.25) is 5.91 Å². The summed E-state index contributed by atoms with van der Waals surface area (Å²) in [6.45, 7) is 0.960. The molecule has 5 heteroatoms. The largest absolute Gasteiger partial charge is 0.350 e. The monoisotopic (exact) mass is 283 g/mol. The standard InChI is InChI=1S/C16H17N3O2/c1-18-14(11-19-9-5-8-13(19)16(18)21)15(20)17-10-12-6-3-2-4-7-12/h2-9,14H,10-11H2,1H3,(H,17,20). The molecule has 2 heterocycles. The maximum atomic E-state index is 12.3. The Labute approximate surface area is 123 Å². The van der Waals surface area contributed by atoms with Gasteiger partial charge in [0, 0.05) is 19.8 Å². The lowest BCUT2D eigenvalue weighted by Crippen LogP contribution is -2.53. The van der Waals surface area contributed by atoms with Crippen LogP contribution in [0.5, 0.6) is 0 Å². The van der Waals surface area contributed by atoms with E-state index in [-0.39, 0.29) is 11.8 Å². The first kappa shape index (κ1) is 13.4. The Bertz CT molecular complexity index is 663. The maximum Gasteiger partial charge on any atom is 0.270 e. The third-order valence-corrected chi connectivity index (χ3v) is 3.82. The molecule has 1 aromatic carbocycles. The minimum absolute atomic E-state index is 0.119. The molecule has 3 rings (SSSR count). The molecular weight excluding hydrogens is 266 g/mol. The molecule has 5 nitrogen and oxygen atoms in total. The Morgan fingerprint density at radius 2 is 2.00 bits per heavy atom. The third kappa shape index (κ3) is 2.54. The highest BCUT2D eigenvalue weighted by atomic mass is 16.2. The quantitative estimate of drug-likeness (QED) is 0.922. The predicted octanol–water partition coefficient (Wildman–Crippen LogP) is 1.26. The molecule has 1 N–H and O–H groups in total. The highest BCUT2D eigenvalue weighted by Crippen LogP contribution is 2.17. The van der Waals surface area contributed by atoms with E-state index in [4.69, 9.17) is 0 Å². The van der Waals surface area contributed by atoms with Crippen LogP contribution in [-0.4, -0.2) is 34.4 Å². The molecule has 1 aromatic heterocycles. The second kappa shape index (κ2) is 5.44. The van der Waals surface area contributed by atoms with Gasteiger partial charge in [0.15, 0.2) is 0 Å². The molecule has 1 unspecified atom stereocenters. The van der Waals surface area contributed by atoms with Crippen LogP contribution in [0.25, 0.3) is 0 Å². The van der Waals surface area contributed by atoms with Gasteiger partial charge in [-0.15, -0.1) is 0 Å². The van der Waals surface area contributed by atoms with Gasteiger partial charge in [-0.25, -0.2) is 0 Å². The Morgan fingerprint density at radius 3 is 2.76 bits per heavy atom. The molecule has 0 saturated carbocycles. The molecule has 2 aromatic rings. The Balaban J connectivity index is 1.69. The number of carbonyl (C=O) groups excluding carboxylic acids is 2. The lowest BCUT2D eigenvalue weighted by molar-refractivity contribution is -0.126. The summed E-state index contributed by atoms with van der Waals surface area (Å²) in [6.07, 6.45) is 1.83. The molecule has 0 radical (unpaired) electrons. The lowest BCUT2D eigenvalue weighted by atomic mass is 10.1. The number of nitrogens with zero attached hydrogens (tertiary/aromatic N) is 2. The summed E-state index contributed by atoms with van der Waals surface area (Å²) in [5.41, 5.74) is 1.67. The Morgan fingerprint density at radius 1 is 1.24 bits per heavy atom. The molecule has 0 saturated heterocycles. The smallest absolute Gasteiger partial charge is 0.270 e. The van der Waals surface area contributed by atoms with Gasteiger partial charge in [-0.1, -0.05) is 30.3 Å². The van der Waals surface area contributed by atoms with E-state index in [1.165, 1.54) is 4.90 Å². The Kier molecular flexibility index (Phi) is 3.48. The van der Waals surface area contributed by atoms with E-state index in [0.717, 1.165) is 5.56 Å². The summed E-state index contributed by atoms with van der Waals surface area (Å²) in [5.74, 6) is -0.250. The normalized spacial score (nSPS) is 17.5. The van der Waals surface area contributed by atoms with Gasteiger partial charge < -0.3 is 14.8 Å². The summed E-state index contributed by atoms with van der Waals surface area (Å²) in [7, 11) is 1.67. The van der Waals surface area contributed by atoms with Crippen molar-refractivity contribution in [2.24, 2.45) is 0 Å². The van der Waals surface area contributed by atoms with Crippen LogP contribution in [0.3, 0.4) is 0 Å². The molecule has 0 spiro atoms. The van der Waals surface area contributed by atoms with Crippen molar-refractivity contribution in [1.29, 1.82) is 0 Å². The number of hydrogen-bond donors (Lipinski definition) is 1. The van der Waals surface area contributed by atoms with Crippen LogP contribution >= 0.6 is 0 Å². The van der Waals surface area contributed by atoms with Crippen molar-refractivity contribution in [2.45, 2.75) is 19.1 Å². The number of aromatic nitrogens is 1. The van der Waals surface area contributed by atoms with Crippen molar-refractivity contribution in [3.63, 3.8) is 0 Å². The van der Waals surface area contributed by atoms with Crippen LogP contribution in [0.1, 0.15) is 16.1 Å². The van der Waals surface area contributed by atoms with E-state index in [1.54, 1.807) is 13.1 Å². The van der Waals surface area contributed by atoms with Crippen LogP contribution in [0.4, 0.5) is 0 Å². The highest BCUT2D eigenvalue weighted by Gasteiger charge is 2.33. The first-order chi connectivity index (χ1) is 10.2. The fourth-order valence-electron chi connectivity index (χ4n) is 2.56. The van der Waals surface area contributed by atoms with Gasteiger partial charge in [-0.05, 0) is 17.7 Å². The van der Waals surface area contributed by atoms with E-state index in [0.29, 0.717) is 18.8 Å². The first-order valence-electron chi connectivity index (χ1n) is 6.91. The molecule has 0 bridgehead atoms. The van der Waals surface area contributed by atoms with Crippen LogP contribution in [0.15, 0.2) is 48.7 Å². The fraction of sp³-hybridized carbons (Fsp3) is 0.250. The van der Waals surface area contributed by atoms with E-state index in [2.05, 4.69) is 5.32 Å². The van der Waals surface area contributed by atoms with Gasteiger partial charge in [-0.2, -0.15) is 0 Å². The number of nitrogens with one attached hydrogen (secondary N) is 1. The first-order valence-corrected chi connectivity index (χ1v) is 6.91. The van der Waals surface area contributed by atoms with Crippen LogP contribution in [0.2, 0.25) is 0 Å². The van der Waals surface area contributed by atoms with Gasteiger partial charge >= 0.3 is 0 Å². The van der Waals surface area contributed by atoms with Crippen molar-refractivity contribution in [1.82, 2.24) is 14.8 Å². The van der Waals surface area contributed by atoms with Crippen molar-refractivity contribution >= 4 is 11.8 Å². The molecule has 1 aliphatic rings. The molecule has 0 aliphatic carbocycles. The summed E-state index contributed by atoms with van der Waals surface area (Å²) >= 11 is 0. The van der Waals surface area contributed by atoms with Crippen LogP contribution < -0.4 is 5.32 Å². The SMILES string of the molecule is CN1C(=O)c2cccn2CC1C(=O)NCc1ccccc1. The Hall–Kier alpha value is -2.56. The summed E-state index contributed by atoms with van der Waals surface area (Å²) < 4.78 is 1.83. The second-order valence-corrected chi connectivity index (χ2v) is 5.18. The van der Waals surface area contributed by atoms with Crippen molar-refractivity contribution < 1.29 is 9.59 Å². The van der Waals surface area contributed by atoms with Crippen molar-refractivity contribution in [3.05, 3.63) is 59.9 Å². The topological polar surface area (TPSA) is 54.3 Å². The van der Waals surface area contributed by atoms with E-state index >= 15 is 0 Å². The number of likely N-dealkylation sites (N-methyl/N-ethyl adjacent to an activating group) is 1. The molecule has 2 amide bonds. The zero-order valence-corrected chi connectivity index (χ0v) is 11.8. The molecule has 108 valence electrons. The predicted molar refractivity (Wildman–Crippen MR) is 78.6 cm³/mol. The van der Waals surface area contributed by atoms with Gasteiger partial charge in [0.1, 0.15) is 11.7 Å². The van der Waals surface area contributed by atoms with E-state index < -0.39 is 6.04 Å². The molecule has 21 heavy (non-hydrogen) atoms. The fourth-order valence-corrected chi connectivity index (χ4v) is 2.56.